The van der Waals surface area contributed by atoms with Gasteiger partial charge in [-0.1, -0.05) is 35.0 Å². The van der Waals surface area contributed by atoms with Gasteiger partial charge < -0.3 is 14.6 Å². The van der Waals surface area contributed by atoms with Crippen LogP contribution in [0.1, 0.15) is 28.1 Å². The second-order valence-electron chi connectivity index (χ2n) is 8.60. The Morgan fingerprint density at radius 2 is 1.86 bits per heavy atom. The van der Waals surface area contributed by atoms with Gasteiger partial charge in [0.25, 0.3) is 15.9 Å². The van der Waals surface area contributed by atoms with E-state index >= 15 is 0 Å². The van der Waals surface area contributed by atoms with Crippen molar-refractivity contribution in [1.29, 1.82) is 0 Å². The summed E-state index contributed by atoms with van der Waals surface area (Å²) in [6.45, 7) is 2.03. The minimum atomic E-state index is -3.76. The van der Waals surface area contributed by atoms with Gasteiger partial charge in [-0.15, -0.1) is 0 Å². The standard InChI is InChI=1S/C27H24ClN3O5S/c1-17-25(26(30-36-17)22-7-3-4-8-23(22)28)27(32)29-19-9-14-24-18(16-19)6-5-15-31(24)37(33,34)21-12-10-20(35-2)11-13-21/h3-4,7-14,16H,5-6,15H2,1-2H3,(H,29,32). The number of methoxy groups -OCH3 is 1. The Balaban J connectivity index is 1.42. The predicted octanol–water partition coefficient (Wildman–Crippen LogP) is 5.71. The van der Waals surface area contributed by atoms with Crippen molar-refractivity contribution in [1.82, 2.24) is 5.16 Å². The van der Waals surface area contributed by atoms with Crippen LogP contribution < -0.4 is 14.4 Å². The molecule has 1 aromatic heterocycles. The summed E-state index contributed by atoms with van der Waals surface area (Å²) < 4.78 is 38.7. The molecule has 3 aromatic carbocycles. The highest BCUT2D eigenvalue weighted by Crippen LogP contribution is 2.35. The third-order valence-corrected chi connectivity index (χ3v) is 8.44. The summed E-state index contributed by atoms with van der Waals surface area (Å²) >= 11 is 6.32. The van der Waals surface area contributed by atoms with Crippen molar-refractivity contribution < 1.29 is 22.5 Å². The number of halogens is 1. The van der Waals surface area contributed by atoms with Crippen LogP contribution in [0, 0.1) is 6.92 Å². The van der Waals surface area contributed by atoms with E-state index in [2.05, 4.69) is 10.5 Å². The van der Waals surface area contributed by atoms with E-state index < -0.39 is 15.9 Å². The number of ether oxygens (including phenoxy) is 1. The number of carbonyl (C=O) groups is 1. The first-order valence-corrected chi connectivity index (χ1v) is 13.4. The minimum absolute atomic E-state index is 0.188. The van der Waals surface area contributed by atoms with Gasteiger partial charge in [-0.05, 0) is 73.9 Å². The van der Waals surface area contributed by atoms with E-state index in [9.17, 15) is 13.2 Å². The van der Waals surface area contributed by atoms with Gasteiger partial charge in [-0.2, -0.15) is 0 Å². The monoisotopic (exact) mass is 537 g/mol. The molecule has 2 heterocycles. The molecule has 0 aliphatic carbocycles. The lowest BCUT2D eigenvalue weighted by molar-refractivity contribution is 0.102. The molecule has 0 saturated carbocycles. The SMILES string of the molecule is COc1ccc(S(=O)(=O)N2CCCc3cc(NC(=O)c4c(-c5ccccc5Cl)noc4C)ccc32)cc1. The summed E-state index contributed by atoms with van der Waals surface area (Å²) in [7, 11) is -2.23. The first kappa shape index (κ1) is 24.9. The van der Waals surface area contributed by atoms with E-state index in [4.69, 9.17) is 20.9 Å². The van der Waals surface area contributed by atoms with Gasteiger partial charge in [-0.3, -0.25) is 9.10 Å². The number of aromatic nitrogens is 1. The number of fused-ring (bicyclic) bond motifs is 1. The molecule has 1 N–H and O–H groups in total. The first-order valence-electron chi connectivity index (χ1n) is 11.6. The highest BCUT2D eigenvalue weighted by atomic mass is 35.5. The molecule has 0 fully saturated rings. The summed E-state index contributed by atoms with van der Waals surface area (Å²) in [5, 5.41) is 7.41. The summed E-state index contributed by atoms with van der Waals surface area (Å²) in [4.78, 5) is 13.4. The number of benzene rings is 3. The zero-order chi connectivity index (χ0) is 26.2. The zero-order valence-electron chi connectivity index (χ0n) is 20.2. The summed E-state index contributed by atoms with van der Waals surface area (Å²) in [6, 6.07) is 18.6. The van der Waals surface area contributed by atoms with Crippen LogP contribution in [0.5, 0.6) is 5.75 Å². The molecular weight excluding hydrogens is 514 g/mol. The fraction of sp³-hybridized carbons (Fsp3) is 0.185. The smallest absolute Gasteiger partial charge is 0.264 e. The second kappa shape index (κ2) is 9.91. The van der Waals surface area contributed by atoms with Crippen molar-refractivity contribution in [2.24, 2.45) is 0 Å². The maximum absolute atomic E-state index is 13.4. The molecule has 5 rings (SSSR count). The molecule has 4 aromatic rings. The molecule has 37 heavy (non-hydrogen) atoms. The Morgan fingerprint density at radius 1 is 1.11 bits per heavy atom. The van der Waals surface area contributed by atoms with Gasteiger partial charge in [0.1, 0.15) is 22.8 Å². The fourth-order valence-corrected chi connectivity index (χ4v) is 6.20. The van der Waals surface area contributed by atoms with E-state index in [1.807, 2.05) is 6.07 Å². The topological polar surface area (TPSA) is 102 Å². The Hall–Kier alpha value is -3.82. The lowest BCUT2D eigenvalue weighted by Crippen LogP contribution is -2.35. The molecule has 10 heteroatoms. The number of hydrogen-bond donors (Lipinski definition) is 1. The van der Waals surface area contributed by atoms with Crippen molar-refractivity contribution in [2.45, 2.75) is 24.7 Å². The number of carbonyl (C=O) groups excluding carboxylic acids is 1. The number of amides is 1. The van der Waals surface area contributed by atoms with E-state index in [1.165, 1.54) is 23.5 Å². The second-order valence-corrected chi connectivity index (χ2v) is 10.9. The van der Waals surface area contributed by atoms with E-state index in [0.29, 0.717) is 58.6 Å². The van der Waals surface area contributed by atoms with Crippen LogP contribution in [-0.4, -0.2) is 33.1 Å². The van der Waals surface area contributed by atoms with Crippen molar-refractivity contribution in [3.8, 4) is 17.0 Å². The predicted molar refractivity (Wildman–Crippen MR) is 142 cm³/mol. The third-order valence-electron chi connectivity index (χ3n) is 6.28. The number of aryl methyl sites for hydroxylation is 2. The average molecular weight is 538 g/mol. The zero-order valence-corrected chi connectivity index (χ0v) is 21.8. The molecule has 0 unspecified atom stereocenters. The molecule has 1 amide bonds. The summed E-state index contributed by atoms with van der Waals surface area (Å²) in [5.74, 6) is 0.549. The summed E-state index contributed by atoms with van der Waals surface area (Å²) in [5.41, 5.74) is 3.20. The van der Waals surface area contributed by atoms with Crippen LogP contribution in [0.15, 0.2) is 76.1 Å². The molecule has 0 radical (unpaired) electrons. The molecule has 8 nitrogen and oxygen atoms in total. The van der Waals surface area contributed by atoms with Crippen LogP contribution >= 0.6 is 11.6 Å². The van der Waals surface area contributed by atoms with Crippen LogP contribution in [0.3, 0.4) is 0 Å². The Labute approximate surface area is 219 Å². The maximum atomic E-state index is 13.4. The molecular formula is C27H24ClN3O5S. The van der Waals surface area contributed by atoms with Crippen LogP contribution in [0.25, 0.3) is 11.3 Å². The van der Waals surface area contributed by atoms with E-state index in [1.54, 1.807) is 55.5 Å². The fourth-order valence-electron chi connectivity index (χ4n) is 4.44. The maximum Gasteiger partial charge on any atom is 0.264 e. The lowest BCUT2D eigenvalue weighted by atomic mass is 10.0. The quantitative estimate of drug-likeness (QED) is 0.338. The van der Waals surface area contributed by atoms with E-state index in [-0.39, 0.29) is 10.5 Å². The molecule has 0 saturated heterocycles. The number of hydrogen-bond acceptors (Lipinski definition) is 6. The minimum Gasteiger partial charge on any atom is -0.497 e. The van der Waals surface area contributed by atoms with Crippen molar-refractivity contribution in [3.05, 3.63) is 88.6 Å². The van der Waals surface area contributed by atoms with Gasteiger partial charge in [-0.25, -0.2) is 8.42 Å². The third kappa shape index (κ3) is 4.68. The number of rotatable bonds is 6. The number of nitrogens with zero attached hydrogens (tertiary/aromatic N) is 2. The van der Waals surface area contributed by atoms with Crippen LogP contribution in [0.4, 0.5) is 11.4 Å². The van der Waals surface area contributed by atoms with Crippen molar-refractivity contribution >= 4 is 38.9 Å². The van der Waals surface area contributed by atoms with Crippen LogP contribution in [-0.2, 0) is 16.4 Å². The lowest BCUT2D eigenvalue weighted by Gasteiger charge is -2.31. The van der Waals surface area contributed by atoms with Gasteiger partial charge >= 0.3 is 0 Å². The summed E-state index contributed by atoms with van der Waals surface area (Å²) in [6.07, 6.45) is 1.34. The molecule has 190 valence electrons. The van der Waals surface area contributed by atoms with Crippen LogP contribution in [0.2, 0.25) is 5.02 Å². The number of sulfonamides is 1. The van der Waals surface area contributed by atoms with Gasteiger partial charge in [0.05, 0.1) is 22.7 Å². The first-order chi connectivity index (χ1) is 17.8. The molecule has 0 atom stereocenters. The average Bonchev–Trinajstić information content (AvgIpc) is 3.29. The van der Waals surface area contributed by atoms with Crippen molar-refractivity contribution in [2.75, 3.05) is 23.3 Å². The molecule has 1 aliphatic rings. The highest BCUT2D eigenvalue weighted by molar-refractivity contribution is 7.92. The molecule has 0 spiro atoms. The Bertz CT molecular complexity index is 1580. The number of nitrogens with one attached hydrogen (secondary N) is 1. The molecule has 0 bridgehead atoms. The van der Waals surface area contributed by atoms with Gasteiger partial charge in [0, 0.05) is 17.8 Å². The van der Waals surface area contributed by atoms with Gasteiger partial charge in [0.15, 0.2) is 0 Å². The van der Waals surface area contributed by atoms with Gasteiger partial charge in [0.2, 0.25) is 0 Å². The van der Waals surface area contributed by atoms with Crippen molar-refractivity contribution in [3.63, 3.8) is 0 Å². The normalized spacial score (nSPS) is 13.2. The molecule has 1 aliphatic heterocycles. The Kier molecular flexibility index (Phi) is 6.66. The largest absolute Gasteiger partial charge is 0.497 e. The highest BCUT2D eigenvalue weighted by Gasteiger charge is 2.30. The van der Waals surface area contributed by atoms with E-state index in [0.717, 1.165) is 5.56 Å². The number of anilines is 2. The Morgan fingerprint density at radius 3 is 2.59 bits per heavy atom.